The Labute approximate surface area is 97.2 Å². The van der Waals surface area contributed by atoms with E-state index in [4.69, 9.17) is 0 Å². The molecule has 0 aromatic rings. The SMILES string of the molecule is CC1(C)C(=O)CCN1C(=O)C1CCCCC1. The van der Waals surface area contributed by atoms with Gasteiger partial charge in [0.1, 0.15) is 0 Å². The van der Waals surface area contributed by atoms with Gasteiger partial charge in [-0.1, -0.05) is 19.3 Å². The number of likely N-dealkylation sites (tertiary alicyclic amines) is 1. The second-order valence-corrected chi connectivity index (χ2v) is 5.56. The molecule has 2 aliphatic rings. The van der Waals surface area contributed by atoms with Gasteiger partial charge >= 0.3 is 0 Å². The van der Waals surface area contributed by atoms with Crippen molar-refractivity contribution >= 4 is 11.7 Å². The van der Waals surface area contributed by atoms with Crippen molar-refractivity contribution in [2.75, 3.05) is 6.54 Å². The molecule has 1 amide bonds. The van der Waals surface area contributed by atoms with Crippen LogP contribution in [0.3, 0.4) is 0 Å². The van der Waals surface area contributed by atoms with Gasteiger partial charge in [0, 0.05) is 18.9 Å². The summed E-state index contributed by atoms with van der Waals surface area (Å²) in [6.07, 6.45) is 6.15. The van der Waals surface area contributed by atoms with E-state index < -0.39 is 5.54 Å². The van der Waals surface area contributed by atoms with Gasteiger partial charge in [-0.05, 0) is 26.7 Å². The molecule has 1 aliphatic carbocycles. The fraction of sp³-hybridized carbons (Fsp3) is 0.846. The third-order valence-corrected chi connectivity index (χ3v) is 4.14. The standard InChI is InChI=1S/C13H21NO2/c1-13(2)11(15)8-9-14(13)12(16)10-6-4-3-5-7-10/h10H,3-9H2,1-2H3. The number of Topliss-reactive ketones (excluding diaryl/α,β-unsaturated/α-hetero) is 1. The zero-order chi connectivity index (χ0) is 11.8. The minimum Gasteiger partial charge on any atom is -0.330 e. The molecule has 16 heavy (non-hydrogen) atoms. The Morgan fingerprint density at radius 3 is 2.38 bits per heavy atom. The van der Waals surface area contributed by atoms with Crippen molar-refractivity contribution in [2.45, 2.75) is 57.9 Å². The largest absolute Gasteiger partial charge is 0.330 e. The molecule has 2 rings (SSSR count). The number of amides is 1. The maximum absolute atomic E-state index is 12.3. The van der Waals surface area contributed by atoms with Crippen molar-refractivity contribution < 1.29 is 9.59 Å². The summed E-state index contributed by atoms with van der Waals surface area (Å²) in [7, 11) is 0. The van der Waals surface area contributed by atoms with Crippen LogP contribution in [0.2, 0.25) is 0 Å². The minimum atomic E-state index is -0.561. The lowest BCUT2D eigenvalue weighted by Crippen LogP contribution is -2.48. The van der Waals surface area contributed by atoms with Crippen LogP contribution in [-0.2, 0) is 9.59 Å². The summed E-state index contributed by atoms with van der Waals surface area (Å²) < 4.78 is 0. The lowest BCUT2D eigenvalue weighted by Gasteiger charge is -2.34. The molecule has 3 nitrogen and oxygen atoms in total. The van der Waals surface area contributed by atoms with Crippen LogP contribution in [0.1, 0.15) is 52.4 Å². The molecular formula is C13H21NO2. The minimum absolute atomic E-state index is 0.180. The zero-order valence-corrected chi connectivity index (χ0v) is 10.3. The average molecular weight is 223 g/mol. The second-order valence-electron chi connectivity index (χ2n) is 5.56. The molecule has 0 unspecified atom stereocenters. The van der Waals surface area contributed by atoms with Crippen LogP contribution < -0.4 is 0 Å². The fourth-order valence-corrected chi connectivity index (χ4v) is 2.90. The molecule has 1 saturated carbocycles. The van der Waals surface area contributed by atoms with Gasteiger partial charge in [0.15, 0.2) is 5.78 Å². The van der Waals surface area contributed by atoms with Crippen LogP contribution in [0, 0.1) is 5.92 Å². The van der Waals surface area contributed by atoms with Crippen molar-refractivity contribution in [3.8, 4) is 0 Å². The average Bonchev–Trinajstić information content (AvgIpc) is 2.54. The number of hydrogen-bond donors (Lipinski definition) is 0. The van der Waals surface area contributed by atoms with Gasteiger partial charge in [-0.3, -0.25) is 9.59 Å². The molecule has 1 aliphatic heterocycles. The fourth-order valence-electron chi connectivity index (χ4n) is 2.90. The summed E-state index contributed by atoms with van der Waals surface area (Å²) in [5.74, 6) is 0.603. The van der Waals surface area contributed by atoms with E-state index in [1.165, 1.54) is 19.3 Å². The predicted molar refractivity (Wildman–Crippen MR) is 62.0 cm³/mol. The Balaban J connectivity index is 2.07. The van der Waals surface area contributed by atoms with E-state index in [1.54, 1.807) is 0 Å². The molecule has 0 aromatic heterocycles. The van der Waals surface area contributed by atoms with Crippen molar-refractivity contribution in [3.63, 3.8) is 0 Å². The first-order chi connectivity index (χ1) is 7.53. The van der Waals surface area contributed by atoms with E-state index in [2.05, 4.69) is 0 Å². The number of carbonyl (C=O) groups is 2. The molecule has 0 aromatic carbocycles. The van der Waals surface area contributed by atoms with Gasteiger partial charge in [0.25, 0.3) is 0 Å². The van der Waals surface area contributed by atoms with Gasteiger partial charge in [-0.2, -0.15) is 0 Å². The summed E-state index contributed by atoms with van der Waals surface area (Å²) in [4.78, 5) is 25.8. The van der Waals surface area contributed by atoms with Crippen LogP contribution in [0.15, 0.2) is 0 Å². The molecular weight excluding hydrogens is 202 g/mol. The van der Waals surface area contributed by atoms with Crippen LogP contribution in [0.4, 0.5) is 0 Å². The maximum atomic E-state index is 12.3. The van der Waals surface area contributed by atoms with Crippen molar-refractivity contribution in [1.29, 1.82) is 0 Å². The van der Waals surface area contributed by atoms with E-state index in [0.29, 0.717) is 13.0 Å². The maximum Gasteiger partial charge on any atom is 0.226 e. The van der Waals surface area contributed by atoms with Gasteiger partial charge in [0.2, 0.25) is 5.91 Å². The van der Waals surface area contributed by atoms with Gasteiger partial charge in [-0.15, -0.1) is 0 Å². The summed E-state index contributed by atoms with van der Waals surface area (Å²) in [6, 6.07) is 0. The van der Waals surface area contributed by atoms with Gasteiger partial charge < -0.3 is 4.90 Å². The highest BCUT2D eigenvalue weighted by Gasteiger charge is 2.44. The molecule has 3 heteroatoms. The predicted octanol–water partition coefficient (Wildman–Crippen LogP) is 2.15. The molecule has 2 fully saturated rings. The Hall–Kier alpha value is -0.860. The number of ketones is 1. The number of carbonyl (C=O) groups excluding carboxylic acids is 2. The third-order valence-electron chi connectivity index (χ3n) is 4.14. The number of hydrogen-bond acceptors (Lipinski definition) is 2. The van der Waals surface area contributed by atoms with E-state index >= 15 is 0 Å². The highest BCUT2D eigenvalue weighted by molar-refractivity contribution is 5.95. The highest BCUT2D eigenvalue weighted by Crippen LogP contribution is 2.31. The van der Waals surface area contributed by atoms with Crippen LogP contribution >= 0.6 is 0 Å². The molecule has 0 bridgehead atoms. The van der Waals surface area contributed by atoms with Crippen molar-refractivity contribution in [2.24, 2.45) is 5.92 Å². The normalized spacial score (nSPS) is 26.1. The first-order valence-electron chi connectivity index (χ1n) is 6.38. The molecule has 1 saturated heterocycles. The van der Waals surface area contributed by atoms with Crippen LogP contribution in [0.25, 0.3) is 0 Å². The van der Waals surface area contributed by atoms with E-state index in [-0.39, 0.29) is 17.6 Å². The smallest absolute Gasteiger partial charge is 0.226 e. The Morgan fingerprint density at radius 1 is 1.25 bits per heavy atom. The molecule has 0 spiro atoms. The first kappa shape index (κ1) is 11.6. The number of rotatable bonds is 1. The van der Waals surface area contributed by atoms with Gasteiger partial charge in [0.05, 0.1) is 5.54 Å². The highest BCUT2D eigenvalue weighted by atomic mass is 16.2. The van der Waals surface area contributed by atoms with Crippen molar-refractivity contribution in [1.82, 2.24) is 4.90 Å². The third kappa shape index (κ3) is 1.87. The van der Waals surface area contributed by atoms with E-state index in [0.717, 1.165) is 12.8 Å². The molecule has 0 N–H and O–H groups in total. The Kier molecular flexibility index (Phi) is 3.04. The zero-order valence-electron chi connectivity index (χ0n) is 10.3. The molecule has 0 atom stereocenters. The Morgan fingerprint density at radius 2 is 1.88 bits per heavy atom. The van der Waals surface area contributed by atoms with Gasteiger partial charge in [-0.25, -0.2) is 0 Å². The molecule has 0 radical (unpaired) electrons. The molecule has 1 heterocycles. The quantitative estimate of drug-likeness (QED) is 0.683. The lowest BCUT2D eigenvalue weighted by molar-refractivity contribution is -0.143. The van der Waals surface area contributed by atoms with Crippen LogP contribution in [0.5, 0.6) is 0 Å². The first-order valence-corrected chi connectivity index (χ1v) is 6.38. The lowest BCUT2D eigenvalue weighted by atomic mass is 9.87. The number of nitrogens with zero attached hydrogens (tertiary/aromatic N) is 1. The van der Waals surface area contributed by atoms with E-state index in [9.17, 15) is 9.59 Å². The summed E-state index contributed by atoms with van der Waals surface area (Å²) in [5, 5.41) is 0. The topological polar surface area (TPSA) is 37.4 Å². The molecule has 90 valence electrons. The second kappa shape index (κ2) is 4.19. The monoisotopic (exact) mass is 223 g/mol. The summed E-state index contributed by atoms with van der Waals surface area (Å²) in [5.41, 5.74) is -0.561. The Bertz CT molecular complexity index is 303. The van der Waals surface area contributed by atoms with E-state index in [1.807, 2.05) is 18.7 Å². The summed E-state index contributed by atoms with van der Waals surface area (Å²) >= 11 is 0. The van der Waals surface area contributed by atoms with Crippen LogP contribution in [-0.4, -0.2) is 28.7 Å². The van der Waals surface area contributed by atoms with Crippen molar-refractivity contribution in [3.05, 3.63) is 0 Å². The summed E-state index contributed by atoms with van der Waals surface area (Å²) in [6.45, 7) is 4.38.